The molecule has 0 radical (unpaired) electrons. The predicted molar refractivity (Wildman–Crippen MR) is 146 cm³/mol. The SMILES string of the molecule is CCOC(=O)c1sc(N2C(=O)C(=O)/C(=C(/O)c3ccc(OCC(C)C)cc3)C2c2ccc(C)cc2)nc1C. The smallest absolute Gasteiger partial charge is 0.350 e. The lowest BCUT2D eigenvalue weighted by Crippen LogP contribution is -2.29. The molecule has 1 saturated heterocycles. The van der Waals surface area contributed by atoms with Gasteiger partial charge in [-0.1, -0.05) is 55.0 Å². The molecule has 1 aliphatic heterocycles. The van der Waals surface area contributed by atoms with Crippen molar-refractivity contribution in [3.05, 3.63) is 81.4 Å². The molecule has 2 heterocycles. The van der Waals surface area contributed by atoms with Gasteiger partial charge >= 0.3 is 11.9 Å². The average Bonchev–Trinajstić information content (AvgIpc) is 3.40. The molecule has 9 heteroatoms. The number of carbonyl (C=O) groups is 3. The van der Waals surface area contributed by atoms with E-state index in [4.69, 9.17) is 9.47 Å². The summed E-state index contributed by atoms with van der Waals surface area (Å²) >= 11 is 0.978. The van der Waals surface area contributed by atoms with Crippen molar-refractivity contribution < 1.29 is 29.0 Å². The second-order valence-corrected chi connectivity index (χ2v) is 10.4. The van der Waals surface area contributed by atoms with Gasteiger partial charge in [0.05, 0.1) is 30.5 Å². The number of ether oxygens (including phenoxy) is 2. The van der Waals surface area contributed by atoms with Crippen LogP contribution in [0.4, 0.5) is 5.13 Å². The van der Waals surface area contributed by atoms with Gasteiger partial charge < -0.3 is 14.6 Å². The van der Waals surface area contributed by atoms with Gasteiger partial charge in [-0.2, -0.15) is 0 Å². The first-order chi connectivity index (χ1) is 18.1. The molecule has 3 aromatic rings. The average molecular weight is 535 g/mol. The Hall–Kier alpha value is -3.98. The first kappa shape index (κ1) is 27.1. The van der Waals surface area contributed by atoms with Gasteiger partial charge in [-0.3, -0.25) is 14.5 Å². The number of rotatable bonds is 8. The lowest BCUT2D eigenvalue weighted by atomic mass is 9.95. The molecule has 2 aromatic carbocycles. The molecule has 1 amide bonds. The number of thiazole rings is 1. The summed E-state index contributed by atoms with van der Waals surface area (Å²) < 4.78 is 10.8. The molecule has 1 aliphatic rings. The van der Waals surface area contributed by atoms with Crippen LogP contribution in [-0.2, 0) is 14.3 Å². The Labute approximate surface area is 225 Å². The lowest BCUT2D eigenvalue weighted by molar-refractivity contribution is -0.132. The molecule has 0 spiro atoms. The first-order valence-electron chi connectivity index (χ1n) is 12.4. The number of hydrogen-bond donors (Lipinski definition) is 1. The number of anilines is 1. The van der Waals surface area contributed by atoms with E-state index in [9.17, 15) is 19.5 Å². The Balaban J connectivity index is 1.81. The Morgan fingerprint density at radius 1 is 1.08 bits per heavy atom. The van der Waals surface area contributed by atoms with Crippen LogP contribution in [0.2, 0.25) is 0 Å². The van der Waals surface area contributed by atoms with Gasteiger partial charge in [0.15, 0.2) is 5.13 Å². The van der Waals surface area contributed by atoms with Crippen molar-refractivity contribution in [3.8, 4) is 5.75 Å². The molecule has 1 fully saturated rings. The molecule has 0 bridgehead atoms. The van der Waals surface area contributed by atoms with Crippen molar-refractivity contribution in [3.63, 3.8) is 0 Å². The minimum atomic E-state index is -0.937. The van der Waals surface area contributed by atoms with Crippen molar-refractivity contribution in [2.24, 2.45) is 5.92 Å². The van der Waals surface area contributed by atoms with E-state index < -0.39 is 23.7 Å². The number of aryl methyl sites for hydroxylation is 2. The van der Waals surface area contributed by atoms with Crippen LogP contribution in [0.5, 0.6) is 5.75 Å². The fraction of sp³-hybridized carbons (Fsp3) is 0.310. The van der Waals surface area contributed by atoms with E-state index in [0.29, 0.717) is 35.1 Å². The minimum Gasteiger partial charge on any atom is -0.507 e. The minimum absolute atomic E-state index is 0.0553. The maximum absolute atomic E-state index is 13.4. The monoisotopic (exact) mass is 534 g/mol. The van der Waals surface area contributed by atoms with Crippen LogP contribution in [0, 0.1) is 19.8 Å². The Bertz CT molecular complexity index is 1390. The highest BCUT2D eigenvalue weighted by Crippen LogP contribution is 2.44. The van der Waals surface area contributed by atoms with Gasteiger partial charge in [-0.25, -0.2) is 9.78 Å². The number of amides is 1. The zero-order chi connectivity index (χ0) is 27.6. The van der Waals surface area contributed by atoms with Crippen LogP contribution in [0.25, 0.3) is 5.76 Å². The van der Waals surface area contributed by atoms with Crippen LogP contribution in [0.1, 0.15) is 58.9 Å². The molecule has 1 atom stereocenters. The number of carbonyl (C=O) groups excluding carboxylic acids is 3. The molecule has 0 saturated carbocycles. The van der Waals surface area contributed by atoms with Crippen LogP contribution in [0.15, 0.2) is 54.1 Å². The molecule has 1 N–H and O–H groups in total. The summed E-state index contributed by atoms with van der Waals surface area (Å²) in [6.45, 7) is 10.1. The summed E-state index contributed by atoms with van der Waals surface area (Å²) in [6, 6.07) is 13.1. The van der Waals surface area contributed by atoms with Gasteiger partial charge in [0, 0.05) is 5.56 Å². The number of hydrogen-bond acceptors (Lipinski definition) is 8. The van der Waals surface area contributed by atoms with Crippen molar-refractivity contribution in [1.29, 1.82) is 0 Å². The number of Topliss-reactive ketones (excluding diaryl/α,β-unsaturated/α-hetero) is 1. The number of benzene rings is 2. The zero-order valence-corrected chi connectivity index (χ0v) is 22.8. The van der Waals surface area contributed by atoms with E-state index in [1.54, 1.807) is 38.1 Å². The van der Waals surface area contributed by atoms with Crippen LogP contribution in [0.3, 0.4) is 0 Å². The maximum Gasteiger partial charge on any atom is 0.350 e. The molecule has 4 rings (SSSR count). The molecular weight excluding hydrogens is 504 g/mol. The van der Waals surface area contributed by atoms with Gasteiger partial charge in [0.25, 0.3) is 5.78 Å². The van der Waals surface area contributed by atoms with E-state index in [1.807, 2.05) is 45.0 Å². The van der Waals surface area contributed by atoms with Crippen LogP contribution >= 0.6 is 11.3 Å². The fourth-order valence-corrected chi connectivity index (χ4v) is 5.08. The summed E-state index contributed by atoms with van der Waals surface area (Å²) in [5.41, 5.74) is 2.33. The normalized spacial score (nSPS) is 16.8. The van der Waals surface area contributed by atoms with Crippen molar-refractivity contribution in [2.45, 2.75) is 40.7 Å². The standard InChI is InChI=1S/C29H30N2O6S/c1-6-36-28(35)26-18(5)30-29(38-26)31-23(19-9-7-17(4)8-10-19)22(25(33)27(31)34)24(32)20-11-13-21(14-12-20)37-15-16(2)3/h7-14,16,23,32H,6,15H2,1-5H3/b24-22+. The Morgan fingerprint density at radius 2 is 1.74 bits per heavy atom. The van der Waals surface area contributed by atoms with Crippen LogP contribution in [-0.4, -0.2) is 41.0 Å². The third-order valence-electron chi connectivity index (χ3n) is 6.00. The quantitative estimate of drug-likeness (QED) is 0.174. The second kappa shape index (κ2) is 11.2. The maximum atomic E-state index is 13.4. The largest absolute Gasteiger partial charge is 0.507 e. The fourth-order valence-electron chi connectivity index (χ4n) is 4.09. The highest BCUT2D eigenvalue weighted by Gasteiger charge is 2.48. The summed E-state index contributed by atoms with van der Waals surface area (Å²) in [7, 11) is 0. The molecule has 198 valence electrons. The number of aliphatic hydroxyl groups excluding tert-OH is 1. The van der Waals surface area contributed by atoms with Crippen molar-refractivity contribution in [2.75, 3.05) is 18.1 Å². The summed E-state index contributed by atoms with van der Waals surface area (Å²) in [5, 5.41) is 11.5. The van der Waals surface area contributed by atoms with E-state index in [2.05, 4.69) is 4.98 Å². The van der Waals surface area contributed by atoms with Gasteiger partial charge in [0.2, 0.25) is 0 Å². The molecule has 8 nitrogen and oxygen atoms in total. The highest BCUT2D eigenvalue weighted by molar-refractivity contribution is 7.17. The summed E-state index contributed by atoms with van der Waals surface area (Å²) in [6.07, 6.45) is 0. The molecule has 1 unspecified atom stereocenters. The van der Waals surface area contributed by atoms with E-state index in [0.717, 1.165) is 16.9 Å². The van der Waals surface area contributed by atoms with Gasteiger partial charge in [-0.05, 0) is 56.5 Å². The number of aromatic nitrogens is 1. The highest BCUT2D eigenvalue weighted by atomic mass is 32.1. The van der Waals surface area contributed by atoms with E-state index >= 15 is 0 Å². The number of esters is 1. The molecule has 0 aliphatic carbocycles. The lowest BCUT2D eigenvalue weighted by Gasteiger charge is -2.23. The number of ketones is 1. The van der Waals surface area contributed by atoms with Crippen LogP contribution < -0.4 is 9.64 Å². The van der Waals surface area contributed by atoms with Crippen molar-refractivity contribution >= 4 is 39.9 Å². The van der Waals surface area contributed by atoms with E-state index in [-0.39, 0.29) is 27.9 Å². The molecule has 38 heavy (non-hydrogen) atoms. The topological polar surface area (TPSA) is 106 Å². The second-order valence-electron chi connectivity index (χ2n) is 9.44. The number of aliphatic hydroxyl groups is 1. The van der Waals surface area contributed by atoms with Crippen molar-refractivity contribution in [1.82, 2.24) is 4.98 Å². The van der Waals surface area contributed by atoms with E-state index in [1.165, 1.54) is 4.90 Å². The summed E-state index contributed by atoms with van der Waals surface area (Å²) in [5.74, 6) is -1.53. The zero-order valence-electron chi connectivity index (χ0n) is 22.0. The van der Waals surface area contributed by atoms with Gasteiger partial charge in [-0.15, -0.1) is 0 Å². The third-order valence-corrected chi connectivity index (χ3v) is 7.14. The Morgan fingerprint density at radius 3 is 2.34 bits per heavy atom. The predicted octanol–water partition coefficient (Wildman–Crippen LogP) is 5.60. The number of nitrogens with zero attached hydrogens (tertiary/aromatic N) is 2. The molecular formula is C29H30N2O6S. The van der Waals surface area contributed by atoms with Gasteiger partial charge in [0.1, 0.15) is 16.4 Å². The molecule has 1 aromatic heterocycles. The third kappa shape index (κ3) is 5.33. The summed E-state index contributed by atoms with van der Waals surface area (Å²) in [4.78, 5) is 45.1. The first-order valence-corrected chi connectivity index (χ1v) is 13.2. The Kier molecular flexibility index (Phi) is 7.97.